The van der Waals surface area contributed by atoms with E-state index in [9.17, 15) is 14.4 Å². The molecular formula is C18H20O4. The van der Waals surface area contributed by atoms with Crippen LogP contribution in [0.15, 0.2) is 24.3 Å². The predicted octanol–water partition coefficient (Wildman–Crippen LogP) is 2.84. The molecule has 2 aliphatic carbocycles. The summed E-state index contributed by atoms with van der Waals surface area (Å²) < 4.78 is 5.96. The van der Waals surface area contributed by atoms with Crippen molar-refractivity contribution in [1.82, 2.24) is 0 Å². The Hall–Kier alpha value is -1.81. The number of hydrogen-bond donors (Lipinski definition) is 0. The molecule has 4 heteroatoms. The predicted molar refractivity (Wildman–Crippen MR) is 81.0 cm³/mol. The van der Waals surface area contributed by atoms with E-state index in [1.54, 1.807) is 24.3 Å². The summed E-state index contributed by atoms with van der Waals surface area (Å²) >= 11 is 0. The van der Waals surface area contributed by atoms with Crippen molar-refractivity contribution < 1.29 is 19.1 Å². The van der Waals surface area contributed by atoms with Gasteiger partial charge in [0.25, 0.3) is 0 Å². The van der Waals surface area contributed by atoms with Crippen LogP contribution in [0.2, 0.25) is 0 Å². The van der Waals surface area contributed by atoms with Gasteiger partial charge in [-0.05, 0) is 20.8 Å². The van der Waals surface area contributed by atoms with Crippen LogP contribution in [0.3, 0.4) is 0 Å². The molecule has 3 rings (SSSR count). The van der Waals surface area contributed by atoms with Gasteiger partial charge in [0.1, 0.15) is 5.78 Å². The van der Waals surface area contributed by atoms with Gasteiger partial charge in [-0.25, -0.2) is 0 Å². The molecule has 0 bridgehead atoms. The van der Waals surface area contributed by atoms with Gasteiger partial charge in [0, 0.05) is 29.9 Å². The monoisotopic (exact) mass is 300 g/mol. The maximum Gasteiger partial charge on any atom is 0.170 e. The van der Waals surface area contributed by atoms with Gasteiger partial charge in [-0.3, -0.25) is 14.4 Å². The van der Waals surface area contributed by atoms with Gasteiger partial charge in [-0.15, -0.1) is 0 Å². The number of ketones is 3. The third kappa shape index (κ3) is 2.52. The SMILES string of the molecule is CC(C)(C)OC1CC(=O)CC2C(=O)c3ccccc3C(=O)C12. The lowest BCUT2D eigenvalue weighted by Gasteiger charge is -2.41. The van der Waals surface area contributed by atoms with Crippen LogP contribution in [0, 0.1) is 11.8 Å². The van der Waals surface area contributed by atoms with Crippen molar-refractivity contribution in [3.63, 3.8) is 0 Å². The molecule has 2 aliphatic rings. The number of benzene rings is 1. The lowest BCUT2D eigenvalue weighted by atomic mass is 9.65. The highest BCUT2D eigenvalue weighted by Gasteiger charge is 2.50. The number of fused-ring (bicyclic) bond motifs is 2. The average Bonchev–Trinajstić information content (AvgIpc) is 2.42. The quantitative estimate of drug-likeness (QED) is 0.800. The van der Waals surface area contributed by atoms with Gasteiger partial charge in [-0.2, -0.15) is 0 Å². The van der Waals surface area contributed by atoms with Crippen molar-refractivity contribution in [2.75, 3.05) is 0 Å². The second kappa shape index (κ2) is 5.13. The molecule has 4 nitrogen and oxygen atoms in total. The third-order valence-electron chi connectivity index (χ3n) is 4.31. The zero-order valence-electron chi connectivity index (χ0n) is 13.1. The Morgan fingerprint density at radius 2 is 1.55 bits per heavy atom. The Kier molecular flexibility index (Phi) is 3.52. The van der Waals surface area contributed by atoms with Crippen molar-refractivity contribution in [2.45, 2.75) is 45.3 Å². The minimum absolute atomic E-state index is 0.00367. The number of carbonyl (C=O) groups is 3. The highest BCUT2D eigenvalue weighted by atomic mass is 16.5. The molecule has 1 saturated carbocycles. The summed E-state index contributed by atoms with van der Waals surface area (Å²) in [6.07, 6.45) is -0.163. The molecule has 0 aromatic heterocycles. The van der Waals surface area contributed by atoms with Crippen molar-refractivity contribution in [3.8, 4) is 0 Å². The fraction of sp³-hybridized carbons (Fsp3) is 0.500. The number of Topliss-reactive ketones (excluding diaryl/α,β-unsaturated/α-hetero) is 3. The van der Waals surface area contributed by atoms with Crippen LogP contribution in [-0.4, -0.2) is 29.1 Å². The molecule has 0 spiro atoms. The standard InChI is InChI=1S/C18H20O4/c1-18(2,3)22-14-9-10(19)8-13-15(14)17(21)12-7-5-4-6-11(12)16(13)20/h4-7,13-15H,8-9H2,1-3H3. The number of hydrogen-bond acceptors (Lipinski definition) is 4. The van der Waals surface area contributed by atoms with Crippen LogP contribution in [-0.2, 0) is 9.53 Å². The van der Waals surface area contributed by atoms with E-state index in [1.165, 1.54) is 0 Å². The first-order chi connectivity index (χ1) is 10.3. The van der Waals surface area contributed by atoms with E-state index in [0.29, 0.717) is 11.1 Å². The van der Waals surface area contributed by atoms with Crippen LogP contribution < -0.4 is 0 Å². The fourth-order valence-electron chi connectivity index (χ4n) is 3.53. The van der Waals surface area contributed by atoms with Crippen LogP contribution >= 0.6 is 0 Å². The lowest BCUT2D eigenvalue weighted by molar-refractivity contribution is -0.137. The topological polar surface area (TPSA) is 60.4 Å². The van der Waals surface area contributed by atoms with Gasteiger partial charge in [0.05, 0.1) is 17.6 Å². The molecule has 0 heterocycles. The van der Waals surface area contributed by atoms with E-state index in [0.717, 1.165) is 0 Å². The van der Waals surface area contributed by atoms with E-state index >= 15 is 0 Å². The summed E-state index contributed by atoms with van der Waals surface area (Å²) in [4.78, 5) is 37.6. The van der Waals surface area contributed by atoms with E-state index < -0.39 is 23.5 Å². The molecule has 0 N–H and O–H groups in total. The second-order valence-electron chi connectivity index (χ2n) is 7.12. The molecule has 1 aromatic carbocycles. The van der Waals surface area contributed by atoms with E-state index in [2.05, 4.69) is 0 Å². The first-order valence-corrected chi connectivity index (χ1v) is 7.65. The van der Waals surface area contributed by atoms with Crippen molar-refractivity contribution in [1.29, 1.82) is 0 Å². The molecule has 3 atom stereocenters. The molecule has 22 heavy (non-hydrogen) atoms. The Labute approximate surface area is 129 Å². The zero-order valence-corrected chi connectivity index (χ0v) is 13.1. The lowest BCUT2D eigenvalue weighted by Crippen LogP contribution is -2.50. The van der Waals surface area contributed by atoms with Crippen LogP contribution in [0.1, 0.15) is 54.3 Å². The summed E-state index contributed by atoms with van der Waals surface area (Å²) in [5, 5.41) is 0. The molecule has 0 saturated heterocycles. The number of ether oxygens (including phenoxy) is 1. The molecule has 0 aliphatic heterocycles. The van der Waals surface area contributed by atoms with Gasteiger partial charge in [-0.1, -0.05) is 24.3 Å². The first kappa shape index (κ1) is 15.1. The molecule has 0 amide bonds. The second-order valence-corrected chi connectivity index (χ2v) is 7.12. The average molecular weight is 300 g/mol. The molecule has 1 aromatic rings. The minimum Gasteiger partial charge on any atom is -0.371 e. The molecule has 116 valence electrons. The van der Waals surface area contributed by atoms with Crippen LogP contribution in [0.4, 0.5) is 0 Å². The number of carbonyl (C=O) groups excluding carboxylic acids is 3. The van der Waals surface area contributed by atoms with Gasteiger partial charge < -0.3 is 4.74 Å². The Bertz CT molecular complexity index is 653. The normalized spacial score (nSPS) is 28.3. The van der Waals surface area contributed by atoms with Crippen molar-refractivity contribution >= 4 is 17.3 Å². The van der Waals surface area contributed by atoms with Gasteiger partial charge in [0.2, 0.25) is 0 Å². The maximum absolute atomic E-state index is 12.9. The Morgan fingerprint density at radius 3 is 2.14 bits per heavy atom. The summed E-state index contributed by atoms with van der Waals surface area (Å²) in [6.45, 7) is 5.68. The van der Waals surface area contributed by atoms with Gasteiger partial charge >= 0.3 is 0 Å². The largest absolute Gasteiger partial charge is 0.371 e. The summed E-state index contributed by atoms with van der Waals surface area (Å²) in [5.41, 5.74) is 0.441. The molecular weight excluding hydrogens is 280 g/mol. The molecule has 3 unspecified atom stereocenters. The smallest absolute Gasteiger partial charge is 0.170 e. The zero-order chi connectivity index (χ0) is 16.1. The summed E-state index contributed by atoms with van der Waals surface area (Å²) in [6, 6.07) is 6.87. The third-order valence-corrected chi connectivity index (χ3v) is 4.31. The summed E-state index contributed by atoms with van der Waals surface area (Å²) in [5.74, 6) is -1.29. The molecule has 1 fully saturated rings. The van der Waals surface area contributed by atoms with Crippen LogP contribution in [0.25, 0.3) is 0 Å². The maximum atomic E-state index is 12.9. The first-order valence-electron chi connectivity index (χ1n) is 7.65. The van der Waals surface area contributed by atoms with Crippen molar-refractivity contribution in [3.05, 3.63) is 35.4 Å². The van der Waals surface area contributed by atoms with E-state index in [-0.39, 0.29) is 30.2 Å². The summed E-state index contributed by atoms with van der Waals surface area (Å²) in [7, 11) is 0. The molecule has 0 radical (unpaired) electrons. The number of rotatable bonds is 1. The Morgan fingerprint density at radius 1 is 0.955 bits per heavy atom. The fourth-order valence-corrected chi connectivity index (χ4v) is 3.53. The highest BCUT2D eigenvalue weighted by molar-refractivity contribution is 6.17. The van der Waals surface area contributed by atoms with Crippen LogP contribution in [0.5, 0.6) is 0 Å². The van der Waals surface area contributed by atoms with E-state index in [1.807, 2.05) is 20.8 Å². The van der Waals surface area contributed by atoms with Crippen molar-refractivity contribution in [2.24, 2.45) is 11.8 Å². The Balaban J connectivity index is 2.04. The van der Waals surface area contributed by atoms with E-state index in [4.69, 9.17) is 4.74 Å². The highest BCUT2D eigenvalue weighted by Crippen LogP contribution is 2.40. The van der Waals surface area contributed by atoms with Gasteiger partial charge in [0.15, 0.2) is 11.6 Å². The minimum atomic E-state index is -0.573.